The molecule has 0 amide bonds. The molecule has 2 N–H and O–H groups in total. The van der Waals surface area contributed by atoms with Gasteiger partial charge < -0.3 is 19.9 Å². The monoisotopic (exact) mass is 640 g/mol. The van der Waals surface area contributed by atoms with Crippen molar-refractivity contribution in [1.29, 1.82) is 0 Å². The highest BCUT2D eigenvalue weighted by molar-refractivity contribution is 6.30. The van der Waals surface area contributed by atoms with Gasteiger partial charge in [-0.1, -0.05) is 41.9 Å². The van der Waals surface area contributed by atoms with Crippen molar-refractivity contribution in [2.45, 2.75) is 24.4 Å². The summed E-state index contributed by atoms with van der Waals surface area (Å²) in [7, 11) is 3.77. The molecular weight excluding hydrogens is 613 g/mol. The molecule has 45 heavy (non-hydrogen) atoms. The smallest absolute Gasteiger partial charge is 0.416 e. The molecule has 2 aliphatic rings. The lowest BCUT2D eigenvalue weighted by Crippen LogP contribution is -2.46. The third-order valence-corrected chi connectivity index (χ3v) is 8.29. The van der Waals surface area contributed by atoms with Gasteiger partial charge in [0.05, 0.1) is 38.4 Å². The van der Waals surface area contributed by atoms with Crippen molar-refractivity contribution in [2.24, 2.45) is 11.7 Å². The summed E-state index contributed by atoms with van der Waals surface area (Å²) in [6.07, 6.45) is -4.73. The number of Topliss-reactive ketones (excluding diaryl/α,β-unsaturated/α-hetero) is 1. The largest absolute Gasteiger partial charge is 0.497 e. The van der Waals surface area contributed by atoms with Crippen LogP contribution in [0.25, 0.3) is 0 Å². The molecule has 0 aromatic heterocycles. The summed E-state index contributed by atoms with van der Waals surface area (Å²) in [5.74, 6) is -5.44. The molecule has 3 aromatic carbocycles. The van der Waals surface area contributed by atoms with Crippen LogP contribution in [0, 0.1) is 5.92 Å². The van der Waals surface area contributed by atoms with Crippen LogP contribution in [0.3, 0.4) is 0 Å². The summed E-state index contributed by atoms with van der Waals surface area (Å²) in [6, 6.07) is 17.5. The predicted molar refractivity (Wildman–Crippen MR) is 159 cm³/mol. The summed E-state index contributed by atoms with van der Waals surface area (Å²) in [4.78, 5) is 42.7. The molecule has 234 valence electrons. The van der Waals surface area contributed by atoms with E-state index >= 15 is 0 Å². The lowest BCUT2D eigenvalue weighted by atomic mass is 9.67. The quantitative estimate of drug-likeness (QED) is 0.254. The standard InChI is InChI=1S/C33H28ClF3N2O6/c1-43-22-12-10-17(11-13-22)23-16-24-27(29(40)26(23)31(41)44-2)25(18-6-4-8-20(34)14-18)28(32(42)45-3)30(38)39(24)21-9-5-7-19(15-21)33(35,36)37/h4-15,23,25-26H,16,38H2,1-3H3. The fraction of sp³-hybridized carbons (Fsp3) is 0.242. The Labute approximate surface area is 261 Å². The molecule has 3 aromatic rings. The zero-order valence-corrected chi connectivity index (χ0v) is 25.1. The van der Waals surface area contributed by atoms with Crippen molar-refractivity contribution < 1.29 is 41.8 Å². The highest BCUT2D eigenvalue weighted by atomic mass is 35.5. The van der Waals surface area contributed by atoms with Crippen LogP contribution in [-0.4, -0.2) is 39.1 Å². The first-order chi connectivity index (χ1) is 21.4. The van der Waals surface area contributed by atoms with Crippen LogP contribution >= 0.6 is 11.6 Å². The van der Waals surface area contributed by atoms with Gasteiger partial charge in [0.2, 0.25) is 0 Å². The number of nitrogens with zero attached hydrogens (tertiary/aromatic N) is 1. The van der Waals surface area contributed by atoms with Crippen LogP contribution in [-0.2, 0) is 30.0 Å². The SMILES string of the molecule is COC(=O)C1=C(N)N(c2cccc(C(F)(F)F)c2)C2=C(C(=O)C(C(=O)OC)C(c3ccc(OC)cc3)C2)C1c1cccc(Cl)c1. The lowest BCUT2D eigenvalue weighted by Gasteiger charge is -2.44. The van der Waals surface area contributed by atoms with Gasteiger partial charge in [-0.3, -0.25) is 14.5 Å². The molecule has 1 aliphatic heterocycles. The Morgan fingerprint density at radius 1 is 0.933 bits per heavy atom. The Kier molecular flexibility index (Phi) is 8.66. The van der Waals surface area contributed by atoms with Gasteiger partial charge in [-0.25, -0.2) is 4.79 Å². The maximum absolute atomic E-state index is 14.7. The van der Waals surface area contributed by atoms with E-state index in [-0.39, 0.29) is 34.8 Å². The molecule has 0 bridgehead atoms. The number of alkyl halides is 3. The molecule has 1 heterocycles. The minimum absolute atomic E-state index is 0.00978. The van der Waals surface area contributed by atoms with Crippen molar-refractivity contribution in [3.05, 3.63) is 117 Å². The summed E-state index contributed by atoms with van der Waals surface area (Å²) in [5.41, 5.74) is 6.66. The van der Waals surface area contributed by atoms with Gasteiger partial charge in [-0.15, -0.1) is 0 Å². The first-order valence-corrected chi connectivity index (χ1v) is 14.1. The van der Waals surface area contributed by atoms with Crippen LogP contribution in [0.2, 0.25) is 5.02 Å². The fourth-order valence-electron chi connectivity index (χ4n) is 6.04. The molecule has 0 saturated heterocycles. The summed E-state index contributed by atoms with van der Waals surface area (Å²) < 4.78 is 57.0. The maximum Gasteiger partial charge on any atom is 0.416 e. The Bertz CT molecular complexity index is 1730. The normalized spacial score (nSPS) is 20.1. The van der Waals surface area contributed by atoms with Crippen LogP contribution in [0.5, 0.6) is 5.75 Å². The second-order valence-corrected chi connectivity index (χ2v) is 10.9. The van der Waals surface area contributed by atoms with E-state index in [1.807, 2.05) is 0 Å². The van der Waals surface area contributed by atoms with Gasteiger partial charge >= 0.3 is 18.1 Å². The number of hydrogen-bond acceptors (Lipinski definition) is 8. The van der Waals surface area contributed by atoms with E-state index in [4.69, 9.17) is 31.5 Å². The number of ether oxygens (including phenoxy) is 3. The maximum atomic E-state index is 14.7. The summed E-state index contributed by atoms with van der Waals surface area (Å²) >= 11 is 6.32. The molecule has 0 saturated carbocycles. The summed E-state index contributed by atoms with van der Waals surface area (Å²) in [6.45, 7) is 0. The van der Waals surface area contributed by atoms with Gasteiger partial charge in [0.25, 0.3) is 0 Å². The first-order valence-electron chi connectivity index (χ1n) is 13.7. The molecule has 5 rings (SSSR count). The number of esters is 2. The molecule has 0 spiro atoms. The topological polar surface area (TPSA) is 108 Å². The number of carbonyl (C=O) groups excluding carboxylic acids is 3. The number of methoxy groups -OCH3 is 3. The van der Waals surface area contributed by atoms with E-state index in [1.165, 1.54) is 24.1 Å². The average molecular weight is 641 g/mol. The average Bonchev–Trinajstić information content (AvgIpc) is 3.03. The van der Waals surface area contributed by atoms with E-state index < -0.39 is 47.2 Å². The second-order valence-electron chi connectivity index (χ2n) is 10.5. The number of nitrogens with two attached hydrogens (primary N) is 1. The molecular formula is C33H28ClF3N2O6. The number of carbonyl (C=O) groups is 3. The fourth-order valence-corrected chi connectivity index (χ4v) is 6.23. The van der Waals surface area contributed by atoms with Crippen LogP contribution < -0.4 is 15.4 Å². The van der Waals surface area contributed by atoms with Crippen molar-refractivity contribution >= 4 is 35.0 Å². The number of allylic oxidation sites excluding steroid dienone is 2. The minimum Gasteiger partial charge on any atom is -0.497 e. The number of hydrogen-bond donors (Lipinski definition) is 1. The molecule has 3 atom stereocenters. The number of anilines is 1. The molecule has 1 aliphatic carbocycles. The minimum atomic E-state index is -4.69. The first kappa shape index (κ1) is 31.6. The van der Waals surface area contributed by atoms with Crippen molar-refractivity contribution in [2.75, 3.05) is 26.2 Å². The third kappa shape index (κ3) is 5.75. The Balaban J connectivity index is 1.84. The summed E-state index contributed by atoms with van der Waals surface area (Å²) in [5, 5.41) is 0.293. The lowest BCUT2D eigenvalue weighted by molar-refractivity contribution is -0.150. The molecule has 12 heteroatoms. The number of rotatable bonds is 6. The van der Waals surface area contributed by atoms with E-state index in [0.29, 0.717) is 21.9 Å². The van der Waals surface area contributed by atoms with E-state index in [0.717, 1.165) is 26.4 Å². The number of halogens is 4. The van der Waals surface area contributed by atoms with Gasteiger partial charge in [0.15, 0.2) is 5.78 Å². The zero-order valence-electron chi connectivity index (χ0n) is 24.4. The zero-order chi connectivity index (χ0) is 32.6. The predicted octanol–water partition coefficient (Wildman–Crippen LogP) is 6.11. The highest BCUT2D eigenvalue weighted by Gasteiger charge is 2.51. The van der Waals surface area contributed by atoms with Crippen molar-refractivity contribution in [3.63, 3.8) is 0 Å². The van der Waals surface area contributed by atoms with Crippen LogP contribution in [0.1, 0.15) is 34.9 Å². The van der Waals surface area contributed by atoms with Gasteiger partial charge in [0.1, 0.15) is 17.5 Å². The van der Waals surface area contributed by atoms with Gasteiger partial charge in [-0.05, 0) is 60.0 Å². The van der Waals surface area contributed by atoms with E-state index in [2.05, 4.69) is 0 Å². The van der Waals surface area contributed by atoms with Gasteiger partial charge in [-0.2, -0.15) is 13.2 Å². The van der Waals surface area contributed by atoms with Crippen molar-refractivity contribution in [3.8, 4) is 5.75 Å². The molecule has 0 fully saturated rings. The third-order valence-electron chi connectivity index (χ3n) is 8.06. The number of ketones is 1. The highest BCUT2D eigenvalue weighted by Crippen LogP contribution is 2.52. The van der Waals surface area contributed by atoms with E-state index in [9.17, 15) is 27.6 Å². The van der Waals surface area contributed by atoms with Crippen LogP contribution in [0.4, 0.5) is 18.9 Å². The van der Waals surface area contributed by atoms with Crippen molar-refractivity contribution in [1.82, 2.24) is 0 Å². The van der Waals surface area contributed by atoms with Gasteiger partial charge in [0, 0.05) is 27.9 Å². The molecule has 0 radical (unpaired) electrons. The molecule has 8 nitrogen and oxygen atoms in total. The molecule has 3 unspecified atom stereocenters. The van der Waals surface area contributed by atoms with E-state index in [1.54, 1.807) is 48.5 Å². The second kappa shape index (κ2) is 12.3. The Morgan fingerprint density at radius 3 is 2.22 bits per heavy atom. The Morgan fingerprint density at radius 2 is 1.62 bits per heavy atom. The number of benzene rings is 3. The Hall–Kier alpha value is -4.77. The van der Waals surface area contributed by atoms with Crippen LogP contribution in [0.15, 0.2) is 95.5 Å².